The fourth-order valence-corrected chi connectivity index (χ4v) is 8.43. The van der Waals surface area contributed by atoms with Crippen LogP contribution in [0.2, 0.25) is 0 Å². The van der Waals surface area contributed by atoms with Crippen LogP contribution >= 0.6 is 0 Å². The quantitative estimate of drug-likeness (QED) is 0.521. The van der Waals surface area contributed by atoms with E-state index in [4.69, 9.17) is 0 Å². The van der Waals surface area contributed by atoms with Crippen molar-refractivity contribution in [3.05, 3.63) is 35.6 Å². The van der Waals surface area contributed by atoms with E-state index in [0.29, 0.717) is 6.54 Å². The Morgan fingerprint density at radius 1 is 0.969 bits per heavy atom. The number of carbonyl (C=O) groups excluding carboxylic acids is 1. The minimum Gasteiger partial charge on any atom is -0.352 e. The molecule has 0 bridgehead atoms. The largest absolute Gasteiger partial charge is 0.352 e. The summed E-state index contributed by atoms with van der Waals surface area (Å²) in [6, 6.07) is 6.48. The van der Waals surface area contributed by atoms with Gasteiger partial charge in [0.25, 0.3) is 0 Å². The molecule has 0 spiro atoms. The number of rotatable bonds is 3. The second-order valence-corrected chi connectivity index (χ2v) is 11.4. The van der Waals surface area contributed by atoms with Gasteiger partial charge >= 0.3 is 0 Å². The van der Waals surface area contributed by atoms with Crippen molar-refractivity contribution in [2.45, 2.75) is 92.0 Å². The van der Waals surface area contributed by atoms with Gasteiger partial charge in [-0.3, -0.25) is 4.79 Å². The highest BCUT2D eigenvalue weighted by Crippen LogP contribution is 2.64. The fourth-order valence-electron chi connectivity index (χ4n) is 8.43. The van der Waals surface area contributed by atoms with E-state index in [1.807, 2.05) is 13.8 Å². The predicted molar refractivity (Wildman–Crippen MR) is 129 cm³/mol. The number of hydrogen-bond acceptors (Lipinski definition) is 1. The molecular formula is C29H44FNO. The molecule has 0 saturated heterocycles. The van der Waals surface area contributed by atoms with E-state index in [1.54, 1.807) is 12.1 Å². The van der Waals surface area contributed by atoms with Gasteiger partial charge in [-0.1, -0.05) is 46.2 Å². The minimum atomic E-state index is -0.227. The zero-order valence-corrected chi connectivity index (χ0v) is 20.7. The van der Waals surface area contributed by atoms with E-state index >= 15 is 0 Å². The first-order chi connectivity index (χ1) is 15.5. The van der Waals surface area contributed by atoms with Crippen LogP contribution in [-0.2, 0) is 11.3 Å². The molecule has 1 N–H and O–H groups in total. The number of nitrogens with one attached hydrogen (secondary N) is 1. The molecule has 178 valence electrons. The maximum Gasteiger partial charge on any atom is 0.223 e. The van der Waals surface area contributed by atoms with E-state index in [2.05, 4.69) is 19.2 Å². The van der Waals surface area contributed by atoms with Crippen molar-refractivity contribution in [2.24, 2.45) is 46.8 Å². The van der Waals surface area contributed by atoms with Gasteiger partial charge in [-0.05, 0) is 110 Å². The van der Waals surface area contributed by atoms with Gasteiger partial charge in [-0.15, -0.1) is 0 Å². The first-order valence-electron chi connectivity index (χ1n) is 13.5. The van der Waals surface area contributed by atoms with Gasteiger partial charge < -0.3 is 5.32 Å². The maximum atomic E-state index is 13.2. The Kier molecular flexibility index (Phi) is 7.32. The molecule has 4 aliphatic carbocycles. The molecule has 4 fully saturated rings. The molecule has 5 rings (SSSR count). The summed E-state index contributed by atoms with van der Waals surface area (Å²) in [5.41, 5.74) is 1.14. The normalized spacial score (nSPS) is 40.2. The summed E-state index contributed by atoms with van der Waals surface area (Å²) >= 11 is 0. The van der Waals surface area contributed by atoms with Gasteiger partial charge in [0, 0.05) is 12.5 Å². The lowest BCUT2D eigenvalue weighted by Gasteiger charge is -2.56. The Balaban J connectivity index is 0.00000119. The zero-order chi connectivity index (χ0) is 22.9. The average molecular weight is 442 g/mol. The van der Waals surface area contributed by atoms with Crippen LogP contribution in [-0.4, -0.2) is 5.91 Å². The van der Waals surface area contributed by atoms with Gasteiger partial charge in [-0.2, -0.15) is 0 Å². The topological polar surface area (TPSA) is 29.1 Å². The monoisotopic (exact) mass is 441 g/mol. The second-order valence-electron chi connectivity index (χ2n) is 11.4. The van der Waals surface area contributed by atoms with E-state index in [9.17, 15) is 9.18 Å². The van der Waals surface area contributed by atoms with Crippen LogP contribution in [0, 0.1) is 52.7 Å². The van der Waals surface area contributed by atoms with Crippen LogP contribution in [0.15, 0.2) is 24.3 Å². The highest BCUT2D eigenvalue weighted by atomic mass is 19.1. The number of hydrogen-bond donors (Lipinski definition) is 1. The molecule has 0 aliphatic heterocycles. The van der Waals surface area contributed by atoms with Gasteiger partial charge in [0.05, 0.1) is 0 Å². The molecular weight excluding hydrogens is 397 g/mol. The third kappa shape index (κ3) is 4.38. The zero-order valence-electron chi connectivity index (χ0n) is 20.7. The summed E-state index contributed by atoms with van der Waals surface area (Å²) in [5, 5.41) is 3.18. The standard InChI is InChI=1S/C27H38FNO.C2H6/c1-17-3-9-21-19(15-17)6-10-23-22(21)13-14-27(2)24(23)11-12-25(27)26(30)29-16-18-4-7-20(28)8-5-18;1-2/h4-5,7-8,17,19,21-25H,3,6,9-16H2,1-2H3,(H,29,30);1-2H3/t17?,19?,21?,22?,23?,24?,25-,27?;/m1./s1. The van der Waals surface area contributed by atoms with Crippen molar-refractivity contribution in [1.82, 2.24) is 5.32 Å². The number of carbonyl (C=O) groups is 1. The molecule has 0 heterocycles. The van der Waals surface area contributed by atoms with Crippen molar-refractivity contribution in [1.29, 1.82) is 0 Å². The number of benzene rings is 1. The third-order valence-electron chi connectivity index (χ3n) is 9.91. The summed E-state index contributed by atoms with van der Waals surface area (Å²) < 4.78 is 13.1. The molecule has 32 heavy (non-hydrogen) atoms. The highest BCUT2D eigenvalue weighted by Gasteiger charge is 2.58. The SMILES string of the molecule is CC.CC1CCC2C(CCC3C2CCC2(C)C3CC[C@@H]2C(=O)NCc2ccc(F)cc2)C1. The van der Waals surface area contributed by atoms with Crippen molar-refractivity contribution >= 4 is 5.91 Å². The molecule has 0 aromatic heterocycles. The van der Waals surface area contributed by atoms with Crippen LogP contribution in [0.1, 0.15) is 91.0 Å². The molecule has 0 radical (unpaired) electrons. The fraction of sp³-hybridized carbons (Fsp3) is 0.759. The lowest BCUT2D eigenvalue weighted by molar-refractivity contribution is -0.132. The highest BCUT2D eigenvalue weighted by molar-refractivity contribution is 5.80. The summed E-state index contributed by atoms with van der Waals surface area (Å²) in [7, 11) is 0. The Hall–Kier alpha value is -1.38. The smallest absolute Gasteiger partial charge is 0.223 e. The lowest BCUT2D eigenvalue weighted by Crippen LogP contribution is -2.50. The molecule has 4 aliphatic rings. The van der Waals surface area contributed by atoms with Crippen molar-refractivity contribution in [3.8, 4) is 0 Å². The van der Waals surface area contributed by atoms with Gasteiger partial charge in [0.2, 0.25) is 5.91 Å². The minimum absolute atomic E-state index is 0.146. The second kappa shape index (κ2) is 9.85. The van der Waals surface area contributed by atoms with Crippen LogP contribution in [0.3, 0.4) is 0 Å². The van der Waals surface area contributed by atoms with Crippen LogP contribution in [0.25, 0.3) is 0 Å². The van der Waals surface area contributed by atoms with Crippen molar-refractivity contribution in [2.75, 3.05) is 0 Å². The first-order valence-corrected chi connectivity index (χ1v) is 13.5. The molecule has 1 amide bonds. The van der Waals surface area contributed by atoms with Gasteiger partial charge in [0.15, 0.2) is 0 Å². The molecule has 4 saturated carbocycles. The molecule has 8 atom stereocenters. The van der Waals surface area contributed by atoms with Crippen molar-refractivity contribution < 1.29 is 9.18 Å². The molecule has 1 aromatic rings. The first kappa shape index (κ1) is 23.8. The van der Waals surface area contributed by atoms with Gasteiger partial charge in [-0.25, -0.2) is 4.39 Å². The lowest BCUT2D eigenvalue weighted by atomic mass is 9.49. The third-order valence-corrected chi connectivity index (χ3v) is 9.91. The summed E-state index contributed by atoms with van der Waals surface area (Å²) in [5.74, 6) is 5.54. The Morgan fingerprint density at radius 3 is 2.44 bits per heavy atom. The summed E-state index contributed by atoms with van der Waals surface area (Å²) in [6.45, 7) is 9.38. The summed E-state index contributed by atoms with van der Waals surface area (Å²) in [4.78, 5) is 13.2. The Labute approximate surface area is 195 Å². The number of fused-ring (bicyclic) bond motifs is 5. The molecule has 1 aromatic carbocycles. The predicted octanol–water partition coefficient (Wildman–Crippen LogP) is 7.37. The van der Waals surface area contributed by atoms with Crippen LogP contribution in [0.5, 0.6) is 0 Å². The maximum absolute atomic E-state index is 13.2. The van der Waals surface area contributed by atoms with E-state index in [0.717, 1.165) is 47.5 Å². The van der Waals surface area contributed by atoms with Gasteiger partial charge in [0.1, 0.15) is 5.82 Å². The molecule has 3 heteroatoms. The van der Waals surface area contributed by atoms with Crippen LogP contribution < -0.4 is 5.32 Å². The van der Waals surface area contributed by atoms with E-state index < -0.39 is 0 Å². The van der Waals surface area contributed by atoms with Crippen LogP contribution in [0.4, 0.5) is 4.39 Å². The Bertz CT molecular complexity index is 776. The van der Waals surface area contributed by atoms with E-state index in [1.165, 1.54) is 63.5 Å². The van der Waals surface area contributed by atoms with Crippen molar-refractivity contribution in [3.63, 3.8) is 0 Å². The Morgan fingerprint density at radius 2 is 1.69 bits per heavy atom. The molecule has 7 unspecified atom stereocenters. The number of halogens is 1. The average Bonchev–Trinajstić information content (AvgIpc) is 3.17. The summed E-state index contributed by atoms with van der Waals surface area (Å²) in [6.07, 6.45) is 12.0. The molecule has 2 nitrogen and oxygen atoms in total. The number of amides is 1. The van der Waals surface area contributed by atoms with E-state index in [-0.39, 0.29) is 23.1 Å².